The van der Waals surface area contributed by atoms with Gasteiger partial charge in [-0.05, 0) is 36.4 Å². The lowest BCUT2D eigenvalue weighted by molar-refractivity contribution is 0.0988. The zero-order valence-electron chi connectivity index (χ0n) is 14.2. The van der Waals surface area contributed by atoms with Gasteiger partial charge in [-0.15, -0.1) is 11.3 Å². The molecular formula is C20H19NO3S. The molecule has 2 aromatic carbocycles. The Morgan fingerprint density at radius 1 is 1.12 bits per heavy atom. The molecule has 0 unspecified atom stereocenters. The van der Waals surface area contributed by atoms with Crippen LogP contribution in [-0.2, 0) is 6.61 Å². The van der Waals surface area contributed by atoms with Gasteiger partial charge in [0.25, 0.3) is 0 Å². The summed E-state index contributed by atoms with van der Waals surface area (Å²) in [5, 5.41) is 2.92. The van der Waals surface area contributed by atoms with Crippen molar-refractivity contribution in [1.29, 1.82) is 0 Å². The molecule has 25 heavy (non-hydrogen) atoms. The first-order chi connectivity index (χ1) is 12.2. The van der Waals surface area contributed by atoms with Crippen molar-refractivity contribution in [2.24, 2.45) is 0 Å². The molecule has 0 radical (unpaired) electrons. The molecule has 3 rings (SSSR count). The quantitative estimate of drug-likeness (QED) is 0.561. The first-order valence-corrected chi connectivity index (χ1v) is 8.92. The van der Waals surface area contributed by atoms with Gasteiger partial charge >= 0.3 is 0 Å². The maximum atomic E-state index is 11.6. The molecule has 0 N–H and O–H groups in total. The first kappa shape index (κ1) is 17.2. The number of ketones is 1. The topological polar surface area (TPSA) is 48.4 Å². The van der Waals surface area contributed by atoms with E-state index in [4.69, 9.17) is 9.47 Å². The summed E-state index contributed by atoms with van der Waals surface area (Å²) < 4.78 is 11.0. The van der Waals surface area contributed by atoms with Crippen LogP contribution in [0, 0.1) is 0 Å². The molecular weight excluding hydrogens is 334 g/mol. The normalized spacial score (nSPS) is 10.5. The van der Waals surface area contributed by atoms with Crippen molar-refractivity contribution >= 4 is 17.1 Å². The predicted molar refractivity (Wildman–Crippen MR) is 99.5 cm³/mol. The molecule has 0 atom stereocenters. The molecule has 0 fully saturated rings. The van der Waals surface area contributed by atoms with Gasteiger partial charge in [0.15, 0.2) is 5.78 Å². The summed E-state index contributed by atoms with van der Waals surface area (Å²) in [6.07, 6.45) is 0.506. The number of hydrogen-bond acceptors (Lipinski definition) is 5. The van der Waals surface area contributed by atoms with E-state index in [0.29, 0.717) is 18.6 Å². The third-order valence-electron chi connectivity index (χ3n) is 3.75. The predicted octanol–water partition coefficient (Wildman–Crippen LogP) is 4.99. The van der Waals surface area contributed by atoms with Crippen LogP contribution in [0.3, 0.4) is 0 Å². The van der Waals surface area contributed by atoms with Crippen molar-refractivity contribution < 1.29 is 14.3 Å². The Bertz CT molecular complexity index is 855. The zero-order chi connectivity index (χ0) is 17.6. The van der Waals surface area contributed by atoms with Crippen molar-refractivity contribution in [3.05, 3.63) is 65.2 Å². The number of nitrogens with zero attached hydrogens (tertiary/aromatic N) is 1. The Morgan fingerprint density at radius 2 is 1.92 bits per heavy atom. The lowest BCUT2D eigenvalue weighted by atomic mass is 10.1. The number of thiazole rings is 1. The molecule has 0 saturated carbocycles. The number of Topliss-reactive ketones (excluding diaryl/α,β-unsaturated/α-hetero) is 1. The summed E-state index contributed by atoms with van der Waals surface area (Å²) in [6.45, 7) is 2.25. The number of rotatable bonds is 7. The fourth-order valence-electron chi connectivity index (χ4n) is 2.36. The molecule has 4 nitrogen and oxygen atoms in total. The van der Waals surface area contributed by atoms with E-state index < -0.39 is 0 Å². The minimum atomic E-state index is 0.133. The molecule has 1 heterocycles. The van der Waals surface area contributed by atoms with Gasteiger partial charge in [0.1, 0.15) is 23.1 Å². The third kappa shape index (κ3) is 4.25. The highest BCUT2D eigenvalue weighted by molar-refractivity contribution is 7.13. The van der Waals surface area contributed by atoms with E-state index in [2.05, 4.69) is 4.98 Å². The molecule has 0 amide bonds. The Hall–Kier alpha value is -2.66. The average Bonchev–Trinajstić information content (AvgIpc) is 3.15. The largest absolute Gasteiger partial charge is 0.497 e. The van der Waals surface area contributed by atoms with Gasteiger partial charge in [-0.1, -0.05) is 19.1 Å². The number of hydrogen-bond donors (Lipinski definition) is 0. The van der Waals surface area contributed by atoms with Gasteiger partial charge in [0.2, 0.25) is 0 Å². The Kier molecular flexibility index (Phi) is 5.46. The van der Waals surface area contributed by atoms with Crippen molar-refractivity contribution in [2.75, 3.05) is 7.11 Å². The summed E-state index contributed by atoms with van der Waals surface area (Å²) in [6, 6.07) is 15.1. The van der Waals surface area contributed by atoms with Gasteiger partial charge in [0, 0.05) is 22.9 Å². The van der Waals surface area contributed by atoms with E-state index in [1.165, 1.54) is 0 Å². The van der Waals surface area contributed by atoms with Crippen LogP contribution in [0.5, 0.6) is 11.5 Å². The van der Waals surface area contributed by atoms with Crippen LogP contribution in [0.4, 0.5) is 0 Å². The van der Waals surface area contributed by atoms with Gasteiger partial charge in [0.05, 0.1) is 12.8 Å². The zero-order valence-corrected chi connectivity index (χ0v) is 15.0. The van der Waals surface area contributed by atoms with Gasteiger partial charge in [-0.3, -0.25) is 4.79 Å². The maximum Gasteiger partial charge on any atom is 0.162 e. The second-order valence-electron chi connectivity index (χ2n) is 5.47. The summed E-state index contributed by atoms with van der Waals surface area (Å²) in [7, 11) is 1.65. The standard InChI is InChI=1S/C20H19NO3S/c1-3-19(22)14-7-9-17(10-8-14)24-12-16-13-25-20(21-16)15-5-4-6-18(11-15)23-2/h4-11,13H,3,12H2,1-2H3. The average molecular weight is 353 g/mol. The van der Waals surface area contributed by atoms with Crippen LogP contribution in [0.25, 0.3) is 10.6 Å². The summed E-state index contributed by atoms with van der Waals surface area (Å²) in [4.78, 5) is 16.2. The molecule has 0 saturated heterocycles. The van der Waals surface area contributed by atoms with E-state index >= 15 is 0 Å². The highest BCUT2D eigenvalue weighted by Gasteiger charge is 2.07. The minimum absolute atomic E-state index is 0.133. The van der Waals surface area contributed by atoms with Crippen molar-refractivity contribution in [1.82, 2.24) is 4.98 Å². The van der Waals surface area contributed by atoms with Crippen LogP contribution in [0.2, 0.25) is 0 Å². The van der Waals surface area contributed by atoms with Gasteiger partial charge in [-0.25, -0.2) is 4.98 Å². The van der Waals surface area contributed by atoms with Crippen LogP contribution < -0.4 is 9.47 Å². The Balaban J connectivity index is 1.64. The highest BCUT2D eigenvalue weighted by Crippen LogP contribution is 2.27. The maximum absolute atomic E-state index is 11.6. The lowest BCUT2D eigenvalue weighted by Crippen LogP contribution is -1.98. The third-order valence-corrected chi connectivity index (χ3v) is 4.69. The Morgan fingerprint density at radius 3 is 2.64 bits per heavy atom. The SMILES string of the molecule is CCC(=O)c1ccc(OCc2csc(-c3cccc(OC)c3)n2)cc1. The molecule has 0 bridgehead atoms. The smallest absolute Gasteiger partial charge is 0.162 e. The second-order valence-corrected chi connectivity index (χ2v) is 6.32. The summed E-state index contributed by atoms with van der Waals surface area (Å²) in [5.41, 5.74) is 2.61. The Labute approximate surface area is 151 Å². The molecule has 0 aliphatic rings. The fraction of sp³-hybridized carbons (Fsp3) is 0.200. The monoisotopic (exact) mass is 353 g/mol. The number of ether oxygens (including phenoxy) is 2. The number of methoxy groups -OCH3 is 1. The summed E-state index contributed by atoms with van der Waals surface area (Å²) in [5.74, 6) is 1.67. The highest BCUT2D eigenvalue weighted by atomic mass is 32.1. The van der Waals surface area contributed by atoms with E-state index in [1.807, 2.05) is 48.7 Å². The van der Waals surface area contributed by atoms with Crippen LogP contribution in [0.15, 0.2) is 53.9 Å². The molecule has 0 aliphatic carbocycles. The van der Waals surface area contributed by atoms with Gasteiger partial charge in [-0.2, -0.15) is 0 Å². The molecule has 0 aliphatic heterocycles. The van der Waals surface area contributed by atoms with Gasteiger partial charge < -0.3 is 9.47 Å². The number of aromatic nitrogens is 1. The van der Waals surface area contributed by atoms with Crippen molar-refractivity contribution in [3.8, 4) is 22.1 Å². The molecule has 128 valence electrons. The van der Waals surface area contributed by atoms with Crippen LogP contribution >= 0.6 is 11.3 Å². The summed E-state index contributed by atoms with van der Waals surface area (Å²) >= 11 is 1.57. The molecule has 0 spiro atoms. The van der Waals surface area contributed by atoms with E-state index in [0.717, 1.165) is 27.8 Å². The van der Waals surface area contributed by atoms with Crippen molar-refractivity contribution in [2.45, 2.75) is 20.0 Å². The molecule has 5 heteroatoms. The number of benzene rings is 2. The second kappa shape index (κ2) is 7.94. The fourth-order valence-corrected chi connectivity index (χ4v) is 3.16. The van der Waals surface area contributed by atoms with Crippen molar-refractivity contribution in [3.63, 3.8) is 0 Å². The van der Waals surface area contributed by atoms with Crippen LogP contribution in [0.1, 0.15) is 29.4 Å². The lowest BCUT2D eigenvalue weighted by Gasteiger charge is -2.05. The number of carbonyl (C=O) groups excluding carboxylic acids is 1. The minimum Gasteiger partial charge on any atom is -0.497 e. The van der Waals surface area contributed by atoms with Crippen LogP contribution in [-0.4, -0.2) is 17.9 Å². The van der Waals surface area contributed by atoms with E-state index in [9.17, 15) is 4.79 Å². The molecule has 3 aromatic rings. The van der Waals surface area contributed by atoms with E-state index in [1.54, 1.807) is 30.6 Å². The number of carbonyl (C=O) groups is 1. The van der Waals surface area contributed by atoms with E-state index in [-0.39, 0.29) is 5.78 Å². The first-order valence-electron chi connectivity index (χ1n) is 8.04. The molecule has 1 aromatic heterocycles.